The molecule has 0 bridgehead atoms. The van der Waals surface area contributed by atoms with E-state index >= 15 is 0 Å². The van der Waals surface area contributed by atoms with Crippen molar-refractivity contribution in [3.8, 4) is 11.5 Å². The molecule has 0 spiro atoms. The quantitative estimate of drug-likeness (QED) is 0.831. The molecule has 1 saturated heterocycles. The summed E-state index contributed by atoms with van der Waals surface area (Å²) in [6.07, 6.45) is -2.53. The third-order valence-electron chi connectivity index (χ3n) is 3.62. The lowest BCUT2D eigenvalue weighted by Gasteiger charge is -2.35. The van der Waals surface area contributed by atoms with E-state index in [2.05, 4.69) is 5.32 Å². The molecule has 0 saturated carbocycles. The molecule has 23 heavy (non-hydrogen) atoms. The van der Waals surface area contributed by atoms with Crippen molar-refractivity contribution in [1.82, 2.24) is 10.2 Å². The molecule has 9 heteroatoms. The smallest absolute Gasteiger partial charge is 0.258 e. The third-order valence-corrected chi connectivity index (χ3v) is 4.01. The summed E-state index contributed by atoms with van der Waals surface area (Å²) in [5, 5.41) is 3.33. The van der Waals surface area contributed by atoms with Crippen molar-refractivity contribution >= 4 is 36.4 Å². The fourth-order valence-corrected chi connectivity index (χ4v) is 2.93. The number of benzene rings is 1. The Balaban J connectivity index is 0.00000242. The van der Waals surface area contributed by atoms with Crippen molar-refractivity contribution in [2.24, 2.45) is 0 Å². The number of alkyl halides is 2. The number of ether oxygens (including phenoxy) is 2. The van der Waals surface area contributed by atoms with Gasteiger partial charge >= 0.3 is 0 Å². The van der Waals surface area contributed by atoms with Crippen molar-refractivity contribution in [1.29, 1.82) is 0 Å². The number of rotatable bonds is 5. The molecule has 0 radical (unpaired) electrons. The molecule has 1 aliphatic rings. The van der Waals surface area contributed by atoms with Gasteiger partial charge in [0.2, 0.25) is 0 Å². The number of methoxy groups -OCH3 is 2. The summed E-state index contributed by atoms with van der Waals surface area (Å²) in [5.74, 6) is 0.719. The lowest BCUT2D eigenvalue weighted by molar-refractivity contribution is 0.0181. The van der Waals surface area contributed by atoms with Gasteiger partial charge < -0.3 is 14.8 Å². The third kappa shape index (κ3) is 4.97. The maximum absolute atomic E-state index is 13.6. The van der Waals surface area contributed by atoms with E-state index in [0.29, 0.717) is 37.5 Å². The first-order chi connectivity index (χ1) is 10.1. The summed E-state index contributed by atoms with van der Waals surface area (Å²) in [5.41, 5.74) is 0.367. The van der Waals surface area contributed by atoms with E-state index < -0.39 is 12.5 Å². The zero-order valence-corrected chi connectivity index (χ0v) is 15.2. The molecule has 1 N–H and O–H groups in total. The summed E-state index contributed by atoms with van der Waals surface area (Å²) in [4.78, 5) is 1.74. The van der Waals surface area contributed by atoms with Crippen molar-refractivity contribution in [2.75, 3.05) is 40.4 Å². The Kier molecular flexibility index (Phi) is 10.1. The summed E-state index contributed by atoms with van der Waals surface area (Å²) in [7, 11) is 2.92. The van der Waals surface area contributed by atoms with Gasteiger partial charge in [0.25, 0.3) is 6.43 Å². The predicted octanol–water partition coefficient (Wildman–Crippen LogP) is 3.41. The van der Waals surface area contributed by atoms with Gasteiger partial charge in [-0.05, 0) is 11.6 Å². The van der Waals surface area contributed by atoms with Crippen LogP contribution < -0.4 is 14.8 Å². The molecular formula is C14H21Cl3F2N2O2. The van der Waals surface area contributed by atoms with Gasteiger partial charge in [-0.2, -0.15) is 0 Å². The molecule has 134 valence electrons. The molecule has 1 fully saturated rings. The topological polar surface area (TPSA) is 33.7 Å². The molecule has 0 unspecified atom stereocenters. The van der Waals surface area contributed by atoms with Crippen LogP contribution in [0.1, 0.15) is 11.6 Å². The van der Waals surface area contributed by atoms with E-state index in [1.165, 1.54) is 14.2 Å². The van der Waals surface area contributed by atoms with Crippen molar-refractivity contribution < 1.29 is 18.3 Å². The van der Waals surface area contributed by atoms with E-state index in [9.17, 15) is 8.78 Å². The zero-order chi connectivity index (χ0) is 15.4. The standard InChI is InChI=1S/C14H19ClF2N2O2.2ClH/c1-20-10-4-3-9(11(15)13(10)21-2)12(14(16)17)19-7-5-18-6-8-19;;/h3-4,12,14,18H,5-8H2,1-2H3;2*1H/t12-;;/m0../s1. The van der Waals surface area contributed by atoms with Gasteiger partial charge in [0.1, 0.15) is 0 Å². The maximum atomic E-state index is 13.6. The molecule has 0 aromatic heterocycles. The second kappa shape index (κ2) is 10.4. The lowest BCUT2D eigenvalue weighted by atomic mass is 10.0. The van der Waals surface area contributed by atoms with Crippen LogP contribution in [-0.2, 0) is 0 Å². The van der Waals surface area contributed by atoms with Crippen LogP contribution in [0.2, 0.25) is 5.02 Å². The Morgan fingerprint density at radius 2 is 1.74 bits per heavy atom. The molecule has 1 atom stereocenters. The molecule has 1 aliphatic heterocycles. The number of piperazine rings is 1. The van der Waals surface area contributed by atoms with E-state index in [4.69, 9.17) is 21.1 Å². The first-order valence-corrected chi connectivity index (χ1v) is 7.11. The number of hydrogen-bond donors (Lipinski definition) is 1. The molecule has 1 aromatic rings. The van der Waals surface area contributed by atoms with Gasteiger partial charge in [-0.15, -0.1) is 24.8 Å². The number of halogens is 5. The van der Waals surface area contributed by atoms with Crippen LogP contribution >= 0.6 is 36.4 Å². The first-order valence-electron chi connectivity index (χ1n) is 6.73. The Bertz CT molecular complexity index is 489. The highest BCUT2D eigenvalue weighted by molar-refractivity contribution is 6.33. The second-order valence-electron chi connectivity index (χ2n) is 4.77. The monoisotopic (exact) mass is 392 g/mol. The average molecular weight is 394 g/mol. The van der Waals surface area contributed by atoms with E-state index in [-0.39, 0.29) is 35.6 Å². The van der Waals surface area contributed by atoms with Crippen LogP contribution in [0.25, 0.3) is 0 Å². The second-order valence-corrected chi connectivity index (χ2v) is 5.15. The average Bonchev–Trinajstić information content (AvgIpc) is 2.49. The summed E-state index contributed by atoms with van der Waals surface area (Å²) >= 11 is 6.27. The highest BCUT2D eigenvalue weighted by Gasteiger charge is 2.33. The molecule has 1 aromatic carbocycles. The molecule has 0 aliphatic carbocycles. The number of hydrogen-bond acceptors (Lipinski definition) is 4. The Morgan fingerprint density at radius 1 is 1.13 bits per heavy atom. The molecule has 1 heterocycles. The van der Waals surface area contributed by atoms with Crippen molar-refractivity contribution in [3.05, 3.63) is 22.7 Å². The maximum Gasteiger partial charge on any atom is 0.258 e. The summed E-state index contributed by atoms with van der Waals surface area (Å²) in [6.45, 7) is 2.49. The largest absolute Gasteiger partial charge is 0.493 e. The molecule has 4 nitrogen and oxygen atoms in total. The molecule has 0 amide bonds. The fourth-order valence-electron chi connectivity index (χ4n) is 2.59. The van der Waals surface area contributed by atoms with Gasteiger partial charge in [0, 0.05) is 26.2 Å². The van der Waals surface area contributed by atoms with Crippen molar-refractivity contribution in [3.63, 3.8) is 0 Å². The van der Waals surface area contributed by atoms with Gasteiger partial charge in [0.15, 0.2) is 11.5 Å². The summed E-state index contributed by atoms with van der Waals surface area (Å²) in [6, 6.07) is 2.15. The van der Waals surface area contributed by atoms with Gasteiger partial charge in [0.05, 0.1) is 25.3 Å². The first kappa shape index (κ1) is 22.5. The highest BCUT2D eigenvalue weighted by Crippen LogP contribution is 2.42. The van der Waals surface area contributed by atoms with Crippen LogP contribution in [0.3, 0.4) is 0 Å². The molecule has 2 rings (SSSR count). The van der Waals surface area contributed by atoms with E-state index in [0.717, 1.165) is 0 Å². The summed E-state index contributed by atoms with van der Waals surface area (Å²) < 4.78 is 37.5. The van der Waals surface area contributed by atoms with Crippen molar-refractivity contribution in [2.45, 2.75) is 12.5 Å². The van der Waals surface area contributed by atoms with E-state index in [1.54, 1.807) is 17.0 Å². The highest BCUT2D eigenvalue weighted by atomic mass is 35.5. The van der Waals surface area contributed by atoms with Gasteiger partial charge in [-0.25, -0.2) is 8.78 Å². The zero-order valence-electron chi connectivity index (χ0n) is 12.9. The Morgan fingerprint density at radius 3 is 2.22 bits per heavy atom. The predicted molar refractivity (Wildman–Crippen MR) is 92.2 cm³/mol. The van der Waals surface area contributed by atoms with Crippen LogP contribution in [0, 0.1) is 0 Å². The van der Waals surface area contributed by atoms with Crippen LogP contribution in [0.4, 0.5) is 8.78 Å². The number of nitrogens with zero attached hydrogens (tertiary/aromatic N) is 1. The van der Waals surface area contributed by atoms with Gasteiger partial charge in [-0.3, -0.25) is 4.90 Å². The van der Waals surface area contributed by atoms with E-state index in [1.807, 2.05) is 0 Å². The lowest BCUT2D eigenvalue weighted by Crippen LogP contribution is -2.47. The fraction of sp³-hybridized carbons (Fsp3) is 0.571. The number of nitrogens with one attached hydrogen (secondary N) is 1. The minimum Gasteiger partial charge on any atom is -0.493 e. The van der Waals surface area contributed by atoms with Crippen LogP contribution in [-0.4, -0.2) is 51.7 Å². The Hall–Kier alpha value is -0.530. The SMILES string of the molecule is COc1ccc([C@@H](C(F)F)N2CCNCC2)c(Cl)c1OC.Cl.Cl. The van der Waals surface area contributed by atoms with Crippen LogP contribution in [0.5, 0.6) is 11.5 Å². The normalized spacial score (nSPS) is 16.3. The van der Waals surface area contributed by atoms with Gasteiger partial charge in [-0.1, -0.05) is 17.7 Å². The minimum absolute atomic E-state index is 0. The minimum atomic E-state index is -2.53. The van der Waals surface area contributed by atoms with Crippen LogP contribution in [0.15, 0.2) is 12.1 Å². The Labute approximate surface area is 152 Å². The molecular weight excluding hydrogens is 373 g/mol.